The van der Waals surface area contributed by atoms with Crippen LogP contribution in [0.3, 0.4) is 0 Å². The summed E-state index contributed by atoms with van der Waals surface area (Å²) in [4.78, 5) is 12.1. The molecule has 4 nitrogen and oxygen atoms in total. The van der Waals surface area contributed by atoms with Crippen LogP contribution >= 0.6 is 0 Å². The topological polar surface area (TPSA) is 49.3 Å². The number of carbonyl (C=O) groups excluding carboxylic acids is 1. The highest BCUT2D eigenvalue weighted by Crippen LogP contribution is 2.63. The number of hydrogen-bond acceptors (Lipinski definition) is 3. The summed E-state index contributed by atoms with van der Waals surface area (Å²) in [6.45, 7) is 4.24. The molecule has 124 valence electrons. The molecule has 1 aromatic carbocycles. The summed E-state index contributed by atoms with van der Waals surface area (Å²) < 4.78 is 1.04. The van der Waals surface area contributed by atoms with E-state index in [0.717, 1.165) is 53.7 Å². The zero-order chi connectivity index (χ0) is 16.7. The smallest absolute Gasteiger partial charge is 0.148 e. The van der Waals surface area contributed by atoms with Gasteiger partial charge in [0.25, 0.3) is 0 Å². The van der Waals surface area contributed by atoms with E-state index < -0.39 is 0 Å². The number of carbonyl (C=O) groups is 1. The number of nitrogens with one attached hydrogen (secondary N) is 1. The van der Waals surface area contributed by atoms with E-state index >= 15 is 0 Å². The van der Waals surface area contributed by atoms with Crippen LogP contribution in [0.25, 0.3) is 0 Å². The fraction of sp³-hybridized carbons (Fsp3) is 0.450. The minimum Gasteiger partial charge on any atom is -0.506 e. The molecule has 2 bridgehead atoms. The van der Waals surface area contributed by atoms with Crippen molar-refractivity contribution < 1.29 is 14.4 Å². The molecule has 2 saturated heterocycles. The Kier molecular flexibility index (Phi) is 2.56. The van der Waals surface area contributed by atoms with Crippen LogP contribution in [-0.2, 0) is 10.2 Å². The number of rotatable bonds is 1. The molecule has 5 rings (SSSR count). The van der Waals surface area contributed by atoms with E-state index in [-0.39, 0.29) is 17.1 Å². The molecule has 0 saturated carbocycles. The lowest BCUT2D eigenvalue weighted by Gasteiger charge is -2.51. The van der Waals surface area contributed by atoms with Gasteiger partial charge in [0.15, 0.2) is 0 Å². The Morgan fingerprint density at radius 2 is 2.25 bits per heavy atom. The molecule has 1 aliphatic carbocycles. The third kappa shape index (κ3) is 1.38. The molecule has 0 aromatic heterocycles. The summed E-state index contributed by atoms with van der Waals surface area (Å²) in [6, 6.07) is 6.27. The summed E-state index contributed by atoms with van der Waals surface area (Å²) in [5, 5.41) is 13.8. The van der Waals surface area contributed by atoms with E-state index in [1.165, 1.54) is 11.1 Å². The number of anilines is 1. The fourth-order valence-electron chi connectivity index (χ4n) is 6.12. The van der Waals surface area contributed by atoms with Gasteiger partial charge in [-0.1, -0.05) is 18.2 Å². The number of allylic oxidation sites excluding steroid dienone is 2. The van der Waals surface area contributed by atoms with Crippen LogP contribution in [0.2, 0.25) is 0 Å². The molecule has 3 heterocycles. The minimum atomic E-state index is -0.130. The van der Waals surface area contributed by atoms with Crippen LogP contribution < -0.4 is 5.32 Å². The Hall–Kier alpha value is -2.07. The number of nitrogens with zero attached hydrogens (tertiary/aromatic N) is 1. The predicted octanol–water partition coefficient (Wildman–Crippen LogP) is 2.71. The van der Waals surface area contributed by atoms with Crippen molar-refractivity contribution in [1.29, 1.82) is 0 Å². The van der Waals surface area contributed by atoms with Gasteiger partial charge in [0.05, 0.1) is 24.7 Å². The van der Waals surface area contributed by atoms with Crippen LogP contribution in [0.5, 0.6) is 5.75 Å². The molecule has 4 aliphatic rings. The van der Waals surface area contributed by atoms with Crippen LogP contribution in [-0.4, -0.2) is 42.1 Å². The normalized spacial score (nSPS) is 40.3. The lowest BCUT2D eigenvalue weighted by Crippen LogP contribution is -2.61. The highest BCUT2D eigenvalue weighted by Gasteiger charge is 2.67. The fourth-order valence-corrected chi connectivity index (χ4v) is 6.12. The van der Waals surface area contributed by atoms with Crippen molar-refractivity contribution in [2.45, 2.75) is 31.2 Å². The lowest BCUT2D eigenvalue weighted by atomic mass is 9.61. The number of phenols is 1. The Balaban J connectivity index is 1.86. The number of benzene rings is 1. The maximum absolute atomic E-state index is 12.1. The van der Waals surface area contributed by atoms with E-state index in [9.17, 15) is 9.90 Å². The Morgan fingerprint density at radius 3 is 3.00 bits per heavy atom. The van der Waals surface area contributed by atoms with Crippen molar-refractivity contribution >= 4 is 12.0 Å². The molecule has 0 amide bonds. The molecule has 0 radical (unpaired) electrons. The van der Waals surface area contributed by atoms with Gasteiger partial charge in [0, 0.05) is 30.0 Å². The molecule has 1 aromatic rings. The van der Waals surface area contributed by atoms with Gasteiger partial charge in [-0.15, -0.1) is 0 Å². The third-order valence-corrected chi connectivity index (χ3v) is 7.17. The van der Waals surface area contributed by atoms with Crippen molar-refractivity contribution in [1.82, 2.24) is 0 Å². The standard InChI is InChI=1S/C20H22N2O2/c1-3-12-10-22(2)8-7-20-15-5-4-6-16(24)18(15)21-19(20)14(11-23)13(12)9-17(20)22/h3-6,11,13,17H,7-10H2,1-2H3,(H-,21,23,24)/p+1/b12-3+/t13-,17+,20-,22?/m1/s1. The highest BCUT2D eigenvalue weighted by molar-refractivity contribution is 5.85. The average molecular weight is 323 g/mol. The number of para-hydroxylation sites is 1. The van der Waals surface area contributed by atoms with Crippen LogP contribution in [0.15, 0.2) is 41.1 Å². The Labute approximate surface area is 142 Å². The van der Waals surface area contributed by atoms with Crippen molar-refractivity contribution in [2.75, 3.05) is 25.5 Å². The summed E-state index contributed by atoms with van der Waals surface area (Å²) in [7, 11) is 2.36. The van der Waals surface area contributed by atoms with Crippen LogP contribution in [0, 0.1) is 5.92 Å². The number of fused-ring (bicyclic) bond motifs is 2. The van der Waals surface area contributed by atoms with Gasteiger partial charge in [-0.05, 0) is 24.1 Å². The average Bonchev–Trinajstić information content (AvgIpc) is 3.09. The number of likely N-dealkylation sites (N-methyl/N-ethyl adjacent to an activating group) is 1. The number of aldehydes is 1. The summed E-state index contributed by atoms with van der Waals surface area (Å²) in [5.41, 5.74) is 5.23. The van der Waals surface area contributed by atoms with Crippen LogP contribution in [0.1, 0.15) is 25.3 Å². The SMILES string of the molecule is C/C=C1\C[N+]2(C)CC[C@]34C(=C(C=O)[C@@H]1C[C@@H]32)Nc1c(O)cccc14. The zero-order valence-corrected chi connectivity index (χ0v) is 14.2. The number of piperidine rings is 1. The molecule has 3 aliphatic heterocycles. The molecular formula is C20H23N2O2+. The van der Waals surface area contributed by atoms with E-state index in [2.05, 4.69) is 31.4 Å². The number of phenolic OH excluding ortho intramolecular Hbond substituents is 1. The molecule has 1 unspecified atom stereocenters. The molecule has 1 spiro atoms. The molecule has 24 heavy (non-hydrogen) atoms. The van der Waals surface area contributed by atoms with E-state index in [0.29, 0.717) is 6.04 Å². The molecule has 2 fully saturated rings. The van der Waals surface area contributed by atoms with Crippen molar-refractivity contribution in [2.24, 2.45) is 5.92 Å². The van der Waals surface area contributed by atoms with Gasteiger partial charge in [0.1, 0.15) is 24.6 Å². The monoisotopic (exact) mass is 323 g/mol. The highest BCUT2D eigenvalue weighted by atomic mass is 16.3. The van der Waals surface area contributed by atoms with Gasteiger partial charge >= 0.3 is 0 Å². The Bertz CT molecular complexity index is 840. The first kappa shape index (κ1) is 14.3. The molecule has 4 atom stereocenters. The lowest BCUT2D eigenvalue weighted by molar-refractivity contribution is -0.923. The first-order chi connectivity index (χ1) is 11.5. The Morgan fingerprint density at radius 1 is 1.42 bits per heavy atom. The molecule has 4 heteroatoms. The van der Waals surface area contributed by atoms with Crippen LogP contribution in [0.4, 0.5) is 5.69 Å². The first-order valence-corrected chi connectivity index (χ1v) is 8.84. The van der Waals surface area contributed by atoms with Crippen molar-refractivity contribution in [3.05, 3.63) is 46.7 Å². The predicted molar refractivity (Wildman–Crippen MR) is 92.7 cm³/mol. The van der Waals surface area contributed by atoms with Gasteiger partial charge < -0.3 is 14.9 Å². The summed E-state index contributed by atoms with van der Waals surface area (Å²) in [6.07, 6.45) is 5.34. The quantitative estimate of drug-likeness (QED) is 0.362. The van der Waals surface area contributed by atoms with Crippen molar-refractivity contribution in [3.63, 3.8) is 0 Å². The second-order valence-electron chi connectivity index (χ2n) is 8.02. The van der Waals surface area contributed by atoms with Gasteiger partial charge in [0.2, 0.25) is 0 Å². The number of aromatic hydroxyl groups is 1. The number of hydrogen-bond donors (Lipinski definition) is 2. The summed E-state index contributed by atoms with van der Waals surface area (Å²) >= 11 is 0. The minimum absolute atomic E-state index is 0.130. The van der Waals surface area contributed by atoms with Gasteiger partial charge in [-0.3, -0.25) is 4.79 Å². The molecule has 2 N–H and O–H groups in total. The van der Waals surface area contributed by atoms with Gasteiger partial charge in [-0.25, -0.2) is 0 Å². The summed E-state index contributed by atoms with van der Waals surface area (Å²) in [5.74, 6) is 0.518. The zero-order valence-electron chi connectivity index (χ0n) is 14.2. The largest absolute Gasteiger partial charge is 0.506 e. The second kappa shape index (κ2) is 4.31. The van der Waals surface area contributed by atoms with E-state index in [4.69, 9.17) is 0 Å². The first-order valence-electron chi connectivity index (χ1n) is 8.84. The van der Waals surface area contributed by atoms with E-state index in [1.54, 1.807) is 6.07 Å². The third-order valence-electron chi connectivity index (χ3n) is 7.17. The van der Waals surface area contributed by atoms with E-state index in [1.807, 2.05) is 6.07 Å². The molecular weight excluding hydrogens is 300 g/mol. The second-order valence-corrected chi connectivity index (χ2v) is 8.02. The number of quaternary nitrogens is 1. The maximum atomic E-state index is 12.1. The maximum Gasteiger partial charge on any atom is 0.148 e. The van der Waals surface area contributed by atoms with Crippen molar-refractivity contribution in [3.8, 4) is 5.75 Å². The van der Waals surface area contributed by atoms with Gasteiger partial charge in [-0.2, -0.15) is 0 Å².